The van der Waals surface area contributed by atoms with Crippen molar-refractivity contribution in [1.82, 2.24) is 10.3 Å². The van der Waals surface area contributed by atoms with Crippen LogP contribution in [0.3, 0.4) is 0 Å². The molecular formula is C14H21N3OS. The van der Waals surface area contributed by atoms with Gasteiger partial charge in [0.15, 0.2) is 0 Å². The van der Waals surface area contributed by atoms with E-state index in [-0.39, 0.29) is 5.91 Å². The van der Waals surface area contributed by atoms with Crippen molar-refractivity contribution in [3.05, 3.63) is 16.1 Å². The Labute approximate surface area is 117 Å². The zero-order valence-electron chi connectivity index (χ0n) is 11.1. The van der Waals surface area contributed by atoms with Crippen LogP contribution in [0.15, 0.2) is 5.38 Å². The normalized spacial score (nSPS) is 28.8. The summed E-state index contributed by atoms with van der Waals surface area (Å²) in [5, 5.41) is 5.59. The molecule has 2 saturated carbocycles. The third-order valence-corrected chi connectivity index (χ3v) is 5.52. The molecule has 0 spiro atoms. The first kappa shape index (κ1) is 13.1. The smallest absolute Gasteiger partial charge is 0.270 e. The first-order valence-electron chi connectivity index (χ1n) is 7.19. The summed E-state index contributed by atoms with van der Waals surface area (Å²) in [7, 11) is 0. The Bertz CT molecular complexity index is 459. The maximum Gasteiger partial charge on any atom is 0.270 e. The van der Waals surface area contributed by atoms with E-state index in [0.717, 1.165) is 35.7 Å². The number of hydrogen-bond donors (Lipinski definition) is 2. The summed E-state index contributed by atoms with van der Waals surface area (Å²) in [4.78, 5) is 16.1. The maximum atomic E-state index is 11.9. The van der Waals surface area contributed by atoms with Gasteiger partial charge in [0.1, 0.15) is 10.7 Å². The van der Waals surface area contributed by atoms with E-state index in [9.17, 15) is 4.79 Å². The van der Waals surface area contributed by atoms with E-state index in [0.29, 0.717) is 12.2 Å². The Morgan fingerprint density at radius 3 is 3.00 bits per heavy atom. The fourth-order valence-corrected chi connectivity index (χ4v) is 4.36. The highest BCUT2D eigenvalue weighted by molar-refractivity contribution is 7.09. The molecular weight excluding hydrogens is 258 g/mol. The van der Waals surface area contributed by atoms with Gasteiger partial charge in [0.25, 0.3) is 5.91 Å². The van der Waals surface area contributed by atoms with E-state index in [2.05, 4.69) is 10.3 Å². The Morgan fingerprint density at radius 2 is 2.37 bits per heavy atom. The topological polar surface area (TPSA) is 68.0 Å². The van der Waals surface area contributed by atoms with Crippen molar-refractivity contribution < 1.29 is 4.79 Å². The molecule has 3 atom stereocenters. The molecule has 0 saturated heterocycles. The zero-order chi connectivity index (χ0) is 13.2. The quantitative estimate of drug-likeness (QED) is 0.868. The van der Waals surface area contributed by atoms with Crippen molar-refractivity contribution in [2.24, 2.45) is 23.5 Å². The van der Waals surface area contributed by atoms with Gasteiger partial charge in [-0.25, -0.2) is 4.98 Å². The summed E-state index contributed by atoms with van der Waals surface area (Å²) in [6.45, 7) is 1.19. The molecule has 2 aliphatic rings. The Balaban J connectivity index is 1.43. The van der Waals surface area contributed by atoms with Crippen LogP contribution in [-0.2, 0) is 6.54 Å². The average Bonchev–Trinajstić information content (AvgIpc) is 3.14. The van der Waals surface area contributed by atoms with Crippen molar-refractivity contribution >= 4 is 17.2 Å². The molecule has 2 bridgehead atoms. The number of carbonyl (C=O) groups is 1. The third-order valence-electron chi connectivity index (χ3n) is 4.64. The van der Waals surface area contributed by atoms with Crippen LogP contribution in [0.5, 0.6) is 0 Å². The van der Waals surface area contributed by atoms with Gasteiger partial charge in [-0.1, -0.05) is 6.42 Å². The highest BCUT2D eigenvalue weighted by Crippen LogP contribution is 2.49. The number of nitrogens with zero attached hydrogens (tertiary/aromatic N) is 1. The number of nitrogens with one attached hydrogen (secondary N) is 1. The second-order valence-corrected chi connectivity index (χ2v) is 6.75. The Hall–Kier alpha value is -0.940. The summed E-state index contributed by atoms with van der Waals surface area (Å²) in [5.41, 5.74) is 6.01. The molecule has 4 nitrogen and oxygen atoms in total. The van der Waals surface area contributed by atoms with Crippen LogP contribution in [0.1, 0.15) is 47.6 Å². The number of fused-ring (bicyclic) bond motifs is 2. The minimum absolute atomic E-state index is 0.0564. The van der Waals surface area contributed by atoms with Gasteiger partial charge in [-0.15, -0.1) is 11.3 Å². The fraction of sp³-hybridized carbons (Fsp3) is 0.714. The molecule has 2 fully saturated rings. The number of nitrogens with two attached hydrogens (primary N) is 1. The molecule has 1 amide bonds. The number of rotatable bonds is 5. The van der Waals surface area contributed by atoms with Gasteiger partial charge in [0.2, 0.25) is 0 Å². The lowest BCUT2D eigenvalue weighted by atomic mass is 9.86. The molecule has 0 radical (unpaired) electrons. The predicted octanol–water partition coefficient (Wildman–Crippen LogP) is 2.16. The maximum absolute atomic E-state index is 11.9. The van der Waals surface area contributed by atoms with E-state index in [1.165, 1.54) is 37.0 Å². The summed E-state index contributed by atoms with van der Waals surface area (Å²) >= 11 is 1.45. The van der Waals surface area contributed by atoms with Gasteiger partial charge in [0, 0.05) is 18.5 Å². The highest BCUT2D eigenvalue weighted by Gasteiger charge is 2.38. The molecule has 3 rings (SSSR count). The number of aromatic nitrogens is 1. The molecule has 1 aromatic rings. The number of carbonyl (C=O) groups excluding carboxylic acids is 1. The minimum atomic E-state index is -0.0564. The molecule has 3 unspecified atom stereocenters. The average molecular weight is 279 g/mol. The highest BCUT2D eigenvalue weighted by atomic mass is 32.1. The Kier molecular flexibility index (Phi) is 3.84. The van der Waals surface area contributed by atoms with Crippen molar-refractivity contribution in [1.29, 1.82) is 0 Å². The van der Waals surface area contributed by atoms with Gasteiger partial charge in [-0.3, -0.25) is 4.79 Å². The van der Waals surface area contributed by atoms with Gasteiger partial charge < -0.3 is 11.1 Å². The van der Waals surface area contributed by atoms with Crippen LogP contribution in [0.4, 0.5) is 0 Å². The summed E-state index contributed by atoms with van der Waals surface area (Å²) in [6.07, 6.45) is 6.79. The molecule has 0 aromatic carbocycles. The standard InChI is InChI=1S/C14H21N3OS/c15-7-13-17-12(8-19-13)14(18)16-4-3-11-6-9-1-2-10(11)5-9/h8-11H,1-7,15H2,(H,16,18). The SMILES string of the molecule is NCc1nc(C(=O)NCCC2CC3CCC2C3)cs1. The molecule has 3 N–H and O–H groups in total. The second kappa shape index (κ2) is 5.59. The number of amides is 1. The van der Waals surface area contributed by atoms with E-state index < -0.39 is 0 Å². The van der Waals surface area contributed by atoms with Crippen molar-refractivity contribution in [3.63, 3.8) is 0 Å². The monoisotopic (exact) mass is 279 g/mol. The van der Waals surface area contributed by atoms with Crippen LogP contribution in [0.25, 0.3) is 0 Å². The van der Waals surface area contributed by atoms with E-state index >= 15 is 0 Å². The number of hydrogen-bond acceptors (Lipinski definition) is 4. The molecule has 104 valence electrons. The van der Waals surface area contributed by atoms with Crippen LogP contribution < -0.4 is 11.1 Å². The van der Waals surface area contributed by atoms with E-state index in [4.69, 9.17) is 5.73 Å². The van der Waals surface area contributed by atoms with E-state index in [1.54, 1.807) is 5.38 Å². The van der Waals surface area contributed by atoms with E-state index in [1.807, 2.05) is 0 Å². The van der Waals surface area contributed by atoms with Gasteiger partial charge in [-0.2, -0.15) is 0 Å². The summed E-state index contributed by atoms with van der Waals surface area (Å²) in [5.74, 6) is 2.70. The zero-order valence-corrected chi connectivity index (χ0v) is 11.9. The van der Waals surface area contributed by atoms with Gasteiger partial charge in [-0.05, 0) is 43.4 Å². The molecule has 1 aromatic heterocycles. The van der Waals surface area contributed by atoms with Crippen molar-refractivity contribution in [2.45, 2.75) is 38.6 Å². The van der Waals surface area contributed by atoms with Crippen LogP contribution in [0.2, 0.25) is 0 Å². The first-order valence-corrected chi connectivity index (χ1v) is 8.07. The van der Waals surface area contributed by atoms with Gasteiger partial charge in [0.05, 0.1) is 0 Å². The van der Waals surface area contributed by atoms with Crippen LogP contribution in [-0.4, -0.2) is 17.4 Å². The summed E-state index contributed by atoms with van der Waals surface area (Å²) < 4.78 is 0. The van der Waals surface area contributed by atoms with Gasteiger partial charge >= 0.3 is 0 Å². The van der Waals surface area contributed by atoms with Crippen molar-refractivity contribution in [3.8, 4) is 0 Å². The first-order chi connectivity index (χ1) is 9.26. The number of thiazole rings is 1. The molecule has 1 heterocycles. The second-order valence-electron chi connectivity index (χ2n) is 5.81. The van der Waals surface area contributed by atoms with Crippen LogP contribution >= 0.6 is 11.3 Å². The van der Waals surface area contributed by atoms with Crippen LogP contribution in [0, 0.1) is 17.8 Å². The lowest BCUT2D eigenvalue weighted by molar-refractivity contribution is 0.0945. The molecule has 0 aliphatic heterocycles. The third kappa shape index (κ3) is 2.82. The molecule has 5 heteroatoms. The largest absolute Gasteiger partial charge is 0.351 e. The Morgan fingerprint density at radius 1 is 1.47 bits per heavy atom. The lowest BCUT2D eigenvalue weighted by Crippen LogP contribution is -2.27. The fourth-order valence-electron chi connectivity index (χ4n) is 3.70. The molecule has 19 heavy (non-hydrogen) atoms. The van der Waals surface area contributed by atoms with Crippen molar-refractivity contribution in [2.75, 3.05) is 6.54 Å². The predicted molar refractivity (Wildman–Crippen MR) is 75.9 cm³/mol. The lowest BCUT2D eigenvalue weighted by Gasteiger charge is -2.21. The minimum Gasteiger partial charge on any atom is -0.351 e. The molecule has 2 aliphatic carbocycles. The summed E-state index contributed by atoms with van der Waals surface area (Å²) in [6, 6.07) is 0.